The molecule has 0 aliphatic carbocycles. The molecule has 0 saturated heterocycles. The molecule has 1 rings (SSSR count). The topological polar surface area (TPSA) is 35.5 Å². The highest BCUT2D eigenvalue weighted by Gasteiger charge is 2.33. The van der Waals surface area contributed by atoms with Crippen LogP contribution >= 0.6 is 0 Å². The predicted octanol–water partition coefficient (Wildman–Crippen LogP) is 3.63. The predicted molar refractivity (Wildman–Crippen MR) is 58.4 cm³/mol. The molecule has 0 atom stereocenters. The smallest absolute Gasteiger partial charge is 0.469 e. The van der Waals surface area contributed by atoms with E-state index in [4.69, 9.17) is 0 Å². The molecular weight excluding hydrogens is 287 g/mol. The Morgan fingerprint density at radius 1 is 1.30 bits per heavy atom. The maximum Gasteiger partial charge on any atom is 0.573 e. The van der Waals surface area contributed by atoms with Gasteiger partial charge in [0.25, 0.3) is 6.43 Å². The number of methoxy groups -OCH3 is 1. The molecule has 0 spiro atoms. The first-order chi connectivity index (χ1) is 9.23. The maximum absolute atomic E-state index is 12.7. The van der Waals surface area contributed by atoms with Gasteiger partial charge in [-0.1, -0.05) is 6.07 Å². The molecule has 3 nitrogen and oxygen atoms in total. The molecule has 0 aromatic heterocycles. The molecule has 1 aromatic carbocycles. The first kappa shape index (κ1) is 16.2. The minimum atomic E-state index is -5.04. The second kappa shape index (κ2) is 6.53. The van der Waals surface area contributed by atoms with Gasteiger partial charge >= 0.3 is 12.3 Å². The van der Waals surface area contributed by atoms with Crippen LogP contribution in [0, 0.1) is 0 Å². The Hall–Kier alpha value is -1.86. The number of carbonyl (C=O) groups is 1. The summed E-state index contributed by atoms with van der Waals surface area (Å²) < 4.78 is 69.5. The molecule has 0 bridgehead atoms. The van der Waals surface area contributed by atoms with E-state index in [1.165, 1.54) is 13.2 Å². The van der Waals surface area contributed by atoms with E-state index in [-0.39, 0.29) is 12.8 Å². The zero-order valence-electron chi connectivity index (χ0n) is 10.3. The molecule has 0 radical (unpaired) electrons. The van der Waals surface area contributed by atoms with Gasteiger partial charge < -0.3 is 9.47 Å². The van der Waals surface area contributed by atoms with Crippen molar-refractivity contribution in [2.75, 3.05) is 7.11 Å². The van der Waals surface area contributed by atoms with Crippen molar-refractivity contribution in [1.29, 1.82) is 0 Å². The lowest BCUT2D eigenvalue weighted by Gasteiger charge is -2.14. The second-order valence-electron chi connectivity index (χ2n) is 3.80. The van der Waals surface area contributed by atoms with E-state index >= 15 is 0 Å². The van der Waals surface area contributed by atoms with Crippen LogP contribution in [0.15, 0.2) is 18.2 Å². The number of hydrogen-bond donors (Lipinski definition) is 0. The van der Waals surface area contributed by atoms with E-state index in [0.717, 1.165) is 12.1 Å². The molecule has 112 valence electrons. The molecule has 0 amide bonds. The van der Waals surface area contributed by atoms with Crippen molar-refractivity contribution in [3.8, 4) is 5.75 Å². The summed E-state index contributed by atoms with van der Waals surface area (Å²) in [6, 6.07) is 2.88. The average Bonchev–Trinajstić information content (AvgIpc) is 2.35. The van der Waals surface area contributed by atoms with Gasteiger partial charge in [0.1, 0.15) is 5.75 Å². The van der Waals surface area contributed by atoms with Crippen molar-refractivity contribution in [3.05, 3.63) is 29.3 Å². The van der Waals surface area contributed by atoms with Gasteiger partial charge in [0.05, 0.1) is 12.7 Å². The number of carbonyl (C=O) groups excluding carboxylic acids is 1. The Morgan fingerprint density at radius 3 is 2.45 bits per heavy atom. The number of hydrogen-bond acceptors (Lipinski definition) is 3. The lowest BCUT2D eigenvalue weighted by molar-refractivity contribution is -0.275. The first-order valence-electron chi connectivity index (χ1n) is 5.46. The van der Waals surface area contributed by atoms with Crippen molar-refractivity contribution in [2.45, 2.75) is 25.6 Å². The lowest BCUT2D eigenvalue weighted by Crippen LogP contribution is -2.18. The third kappa shape index (κ3) is 5.02. The number of halogens is 5. The first-order valence-corrected chi connectivity index (χ1v) is 5.46. The van der Waals surface area contributed by atoms with Gasteiger partial charge in [0.2, 0.25) is 0 Å². The van der Waals surface area contributed by atoms with Crippen LogP contribution in [0.25, 0.3) is 0 Å². The van der Waals surface area contributed by atoms with Crippen LogP contribution in [0.1, 0.15) is 24.0 Å². The molecule has 0 heterocycles. The summed E-state index contributed by atoms with van der Waals surface area (Å²) in [5, 5.41) is 0. The van der Waals surface area contributed by atoms with E-state index in [0.29, 0.717) is 5.56 Å². The molecule has 0 saturated carbocycles. The Balaban J connectivity index is 2.92. The van der Waals surface area contributed by atoms with Gasteiger partial charge in [-0.05, 0) is 24.1 Å². The van der Waals surface area contributed by atoms with Crippen molar-refractivity contribution >= 4 is 5.97 Å². The summed E-state index contributed by atoms with van der Waals surface area (Å²) in [5.41, 5.74) is -0.579. The Bertz CT molecular complexity index is 471. The van der Waals surface area contributed by atoms with Crippen LogP contribution in [-0.4, -0.2) is 19.4 Å². The summed E-state index contributed by atoms with van der Waals surface area (Å²) in [4.78, 5) is 10.9. The maximum atomic E-state index is 12.7. The van der Waals surface area contributed by atoms with Gasteiger partial charge in [0.15, 0.2) is 0 Å². The summed E-state index contributed by atoms with van der Waals surface area (Å²) in [6.45, 7) is 0. The van der Waals surface area contributed by atoms with E-state index in [1.54, 1.807) is 0 Å². The highest BCUT2D eigenvalue weighted by molar-refractivity contribution is 5.69. The summed E-state index contributed by atoms with van der Waals surface area (Å²) in [7, 11) is 1.17. The molecule has 0 fully saturated rings. The van der Waals surface area contributed by atoms with Crippen LogP contribution in [0.4, 0.5) is 22.0 Å². The van der Waals surface area contributed by atoms with E-state index in [2.05, 4.69) is 9.47 Å². The standard InChI is InChI=1S/C12H11F5O3/c1-19-10(18)5-3-7-2-4-9(20-12(15,16)17)8(6-7)11(13)14/h2,4,6,11H,3,5H2,1H3. The number of rotatable bonds is 5. The summed E-state index contributed by atoms with van der Waals surface area (Å²) in [5.74, 6) is -1.49. The fourth-order valence-corrected chi connectivity index (χ4v) is 1.49. The van der Waals surface area contributed by atoms with Crippen LogP contribution in [0.5, 0.6) is 5.75 Å². The number of ether oxygens (including phenoxy) is 2. The number of esters is 1. The third-order valence-corrected chi connectivity index (χ3v) is 2.38. The summed E-state index contributed by atoms with van der Waals surface area (Å²) >= 11 is 0. The SMILES string of the molecule is COC(=O)CCc1ccc(OC(F)(F)F)c(C(F)F)c1. The fourth-order valence-electron chi connectivity index (χ4n) is 1.49. The van der Waals surface area contributed by atoms with Crippen LogP contribution in [0.3, 0.4) is 0 Å². The van der Waals surface area contributed by atoms with Gasteiger partial charge in [-0.25, -0.2) is 8.78 Å². The molecule has 1 aromatic rings. The van der Waals surface area contributed by atoms with Crippen molar-refractivity contribution in [2.24, 2.45) is 0 Å². The van der Waals surface area contributed by atoms with E-state index in [1.807, 2.05) is 0 Å². The molecule has 0 aliphatic heterocycles. The zero-order valence-corrected chi connectivity index (χ0v) is 10.3. The van der Waals surface area contributed by atoms with Crippen molar-refractivity contribution in [1.82, 2.24) is 0 Å². The van der Waals surface area contributed by atoms with Crippen molar-refractivity contribution < 1.29 is 36.2 Å². The van der Waals surface area contributed by atoms with E-state index in [9.17, 15) is 26.7 Å². The normalized spacial score (nSPS) is 11.6. The minimum absolute atomic E-state index is 0.0569. The Morgan fingerprint density at radius 2 is 1.95 bits per heavy atom. The quantitative estimate of drug-likeness (QED) is 0.615. The lowest BCUT2D eigenvalue weighted by atomic mass is 10.1. The molecular formula is C12H11F5O3. The third-order valence-electron chi connectivity index (χ3n) is 2.38. The molecule has 0 unspecified atom stereocenters. The number of alkyl halides is 5. The van der Waals surface area contributed by atoms with Gasteiger partial charge in [0, 0.05) is 6.42 Å². The Labute approximate surface area is 111 Å². The average molecular weight is 298 g/mol. The zero-order chi connectivity index (χ0) is 15.3. The molecule has 0 N–H and O–H groups in total. The van der Waals surface area contributed by atoms with Gasteiger partial charge in [-0.15, -0.1) is 13.2 Å². The highest BCUT2D eigenvalue weighted by Crippen LogP contribution is 2.33. The van der Waals surface area contributed by atoms with Gasteiger partial charge in [-0.3, -0.25) is 4.79 Å². The summed E-state index contributed by atoms with van der Waals surface area (Å²) in [6.07, 6.45) is -8.14. The highest BCUT2D eigenvalue weighted by atomic mass is 19.4. The van der Waals surface area contributed by atoms with E-state index < -0.39 is 30.1 Å². The van der Waals surface area contributed by atoms with Crippen molar-refractivity contribution in [3.63, 3.8) is 0 Å². The molecule has 0 aliphatic rings. The van der Waals surface area contributed by atoms with Crippen LogP contribution < -0.4 is 4.74 Å². The minimum Gasteiger partial charge on any atom is -0.469 e. The van der Waals surface area contributed by atoms with Crippen LogP contribution in [-0.2, 0) is 16.0 Å². The molecule has 8 heteroatoms. The number of aryl methyl sites for hydroxylation is 1. The Kier molecular flexibility index (Phi) is 5.29. The second-order valence-corrected chi connectivity index (χ2v) is 3.80. The fraction of sp³-hybridized carbons (Fsp3) is 0.417. The largest absolute Gasteiger partial charge is 0.573 e. The monoisotopic (exact) mass is 298 g/mol. The number of benzene rings is 1. The molecule has 20 heavy (non-hydrogen) atoms. The van der Waals surface area contributed by atoms with Crippen LogP contribution in [0.2, 0.25) is 0 Å². The van der Waals surface area contributed by atoms with Gasteiger partial charge in [-0.2, -0.15) is 0 Å².